The maximum atomic E-state index is 12.2. The number of carbonyl (C=O) groups excluding carboxylic acids is 2. The Balaban J connectivity index is 1.80. The van der Waals surface area contributed by atoms with Gasteiger partial charge in [-0.1, -0.05) is 30.3 Å². The third-order valence-electron chi connectivity index (χ3n) is 4.19. The predicted molar refractivity (Wildman–Crippen MR) is 68.1 cm³/mol. The Morgan fingerprint density at radius 3 is 2.67 bits per heavy atom. The minimum atomic E-state index is 0.0534. The Bertz CT molecular complexity index is 469. The summed E-state index contributed by atoms with van der Waals surface area (Å²) in [5.74, 6) is 0.735. The van der Waals surface area contributed by atoms with E-state index < -0.39 is 0 Å². The molecule has 18 heavy (non-hydrogen) atoms. The Morgan fingerprint density at radius 2 is 1.89 bits per heavy atom. The summed E-state index contributed by atoms with van der Waals surface area (Å²) in [5.41, 5.74) is 1.21. The van der Waals surface area contributed by atoms with Gasteiger partial charge < -0.3 is 5.32 Å². The second-order valence-electron chi connectivity index (χ2n) is 5.33. The van der Waals surface area contributed by atoms with Crippen LogP contribution >= 0.6 is 0 Å². The third kappa shape index (κ3) is 2.05. The van der Waals surface area contributed by atoms with Gasteiger partial charge in [0.1, 0.15) is 5.78 Å². The Hall–Kier alpha value is -1.64. The number of carbonyl (C=O) groups is 2. The fourth-order valence-electron chi connectivity index (χ4n) is 3.24. The van der Waals surface area contributed by atoms with Crippen molar-refractivity contribution >= 4 is 11.7 Å². The minimum absolute atomic E-state index is 0.0534. The molecule has 3 heteroatoms. The van der Waals surface area contributed by atoms with Crippen molar-refractivity contribution < 1.29 is 9.59 Å². The monoisotopic (exact) mass is 243 g/mol. The Kier molecular flexibility index (Phi) is 2.90. The molecule has 3 nitrogen and oxygen atoms in total. The molecule has 1 aliphatic heterocycles. The van der Waals surface area contributed by atoms with E-state index in [9.17, 15) is 9.59 Å². The molecule has 2 aliphatic rings. The number of fused-ring (bicyclic) bond motifs is 1. The molecule has 0 bridgehead atoms. The molecule has 3 rings (SSSR count). The van der Waals surface area contributed by atoms with Crippen molar-refractivity contribution in [3.05, 3.63) is 35.9 Å². The third-order valence-corrected chi connectivity index (χ3v) is 4.19. The van der Waals surface area contributed by atoms with Crippen molar-refractivity contribution in [1.82, 2.24) is 5.32 Å². The minimum Gasteiger partial charge on any atom is -0.353 e. The number of ketones is 1. The molecule has 1 aromatic rings. The summed E-state index contributed by atoms with van der Waals surface area (Å²) < 4.78 is 0. The van der Waals surface area contributed by atoms with Gasteiger partial charge in [-0.3, -0.25) is 9.59 Å². The van der Waals surface area contributed by atoms with Crippen LogP contribution in [0.5, 0.6) is 0 Å². The quantitative estimate of drug-likeness (QED) is 0.820. The Labute approximate surface area is 107 Å². The standard InChI is InChI=1S/C15H17NO2/c17-14-9-11(10-4-2-1-3-5-10)8-13-12(14)6-7-15(18)16-13/h1-5,11-13H,6-9H2,(H,16,18). The predicted octanol–water partition coefficient (Wildman–Crippen LogP) is 2.03. The molecule has 2 fully saturated rings. The fourth-order valence-corrected chi connectivity index (χ4v) is 3.24. The maximum Gasteiger partial charge on any atom is 0.220 e. The summed E-state index contributed by atoms with van der Waals surface area (Å²) >= 11 is 0. The number of hydrogen-bond acceptors (Lipinski definition) is 2. The average Bonchev–Trinajstić information content (AvgIpc) is 2.39. The zero-order valence-corrected chi connectivity index (χ0v) is 10.3. The van der Waals surface area contributed by atoms with Crippen LogP contribution in [0.25, 0.3) is 0 Å². The zero-order valence-electron chi connectivity index (χ0n) is 10.3. The van der Waals surface area contributed by atoms with Crippen LogP contribution in [-0.4, -0.2) is 17.7 Å². The van der Waals surface area contributed by atoms with Crippen LogP contribution in [0.15, 0.2) is 30.3 Å². The van der Waals surface area contributed by atoms with Gasteiger partial charge in [-0.15, -0.1) is 0 Å². The van der Waals surface area contributed by atoms with Crippen molar-refractivity contribution in [3.63, 3.8) is 0 Å². The van der Waals surface area contributed by atoms with E-state index in [0.717, 1.165) is 12.8 Å². The van der Waals surface area contributed by atoms with Gasteiger partial charge in [0.25, 0.3) is 0 Å². The van der Waals surface area contributed by atoms with Gasteiger partial charge in [0, 0.05) is 24.8 Å². The van der Waals surface area contributed by atoms with Crippen molar-refractivity contribution in [2.75, 3.05) is 0 Å². The van der Waals surface area contributed by atoms with E-state index in [2.05, 4.69) is 17.4 Å². The molecule has 94 valence electrons. The molecule has 3 atom stereocenters. The lowest BCUT2D eigenvalue weighted by Crippen LogP contribution is -2.51. The number of piperidine rings is 1. The summed E-state index contributed by atoms with van der Waals surface area (Å²) in [6.07, 6.45) is 2.76. The maximum absolute atomic E-state index is 12.2. The lowest BCUT2D eigenvalue weighted by Gasteiger charge is -2.38. The summed E-state index contributed by atoms with van der Waals surface area (Å²) in [5, 5.41) is 2.99. The van der Waals surface area contributed by atoms with Gasteiger partial charge in [-0.25, -0.2) is 0 Å². The van der Waals surface area contributed by atoms with Gasteiger partial charge in [-0.05, 0) is 24.3 Å². The van der Waals surface area contributed by atoms with Gasteiger partial charge >= 0.3 is 0 Å². The molecule has 0 spiro atoms. The zero-order chi connectivity index (χ0) is 12.5. The summed E-state index contributed by atoms with van der Waals surface area (Å²) in [7, 11) is 0. The smallest absolute Gasteiger partial charge is 0.220 e. The first-order valence-electron chi connectivity index (χ1n) is 6.61. The van der Waals surface area contributed by atoms with Gasteiger partial charge in [0.05, 0.1) is 0 Å². The molecular formula is C15H17NO2. The molecule has 1 aromatic carbocycles. The molecule has 1 saturated heterocycles. The van der Waals surface area contributed by atoms with Crippen LogP contribution in [0.1, 0.15) is 37.2 Å². The summed E-state index contributed by atoms with van der Waals surface area (Å²) in [6, 6.07) is 10.2. The SMILES string of the molecule is O=C1CCC2C(=O)CC(c3ccccc3)CC2N1. The van der Waals surface area contributed by atoms with Crippen molar-refractivity contribution in [1.29, 1.82) is 0 Å². The molecule has 1 heterocycles. The molecule has 0 aromatic heterocycles. The molecule has 1 aliphatic carbocycles. The van der Waals surface area contributed by atoms with E-state index in [1.165, 1.54) is 5.56 Å². The molecule has 0 radical (unpaired) electrons. The van der Waals surface area contributed by atoms with Gasteiger partial charge in [-0.2, -0.15) is 0 Å². The Morgan fingerprint density at radius 1 is 1.11 bits per heavy atom. The highest BCUT2D eigenvalue weighted by atomic mass is 16.2. The second kappa shape index (κ2) is 4.56. The molecule has 1 amide bonds. The second-order valence-corrected chi connectivity index (χ2v) is 5.33. The molecule has 1 N–H and O–H groups in total. The van der Waals surface area contributed by atoms with E-state index in [1.54, 1.807) is 0 Å². The van der Waals surface area contributed by atoms with E-state index in [4.69, 9.17) is 0 Å². The van der Waals surface area contributed by atoms with Crippen molar-refractivity contribution in [2.24, 2.45) is 5.92 Å². The molecular weight excluding hydrogens is 226 g/mol. The van der Waals surface area contributed by atoms with Crippen LogP contribution in [0, 0.1) is 5.92 Å². The summed E-state index contributed by atoms with van der Waals surface area (Å²) in [6.45, 7) is 0. The topological polar surface area (TPSA) is 46.2 Å². The largest absolute Gasteiger partial charge is 0.353 e. The number of nitrogens with one attached hydrogen (secondary N) is 1. The van der Waals surface area contributed by atoms with Crippen LogP contribution in [0.3, 0.4) is 0 Å². The van der Waals surface area contributed by atoms with Crippen LogP contribution in [-0.2, 0) is 9.59 Å². The number of benzene rings is 1. The van der Waals surface area contributed by atoms with Crippen molar-refractivity contribution in [3.8, 4) is 0 Å². The average molecular weight is 243 g/mol. The van der Waals surface area contributed by atoms with E-state index in [-0.39, 0.29) is 23.8 Å². The number of rotatable bonds is 1. The molecule has 1 saturated carbocycles. The van der Waals surface area contributed by atoms with E-state index >= 15 is 0 Å². The summed E-state index contributed by atoms with van der Waals surface area (Å²) in [4.78, 5) is 23.6. The highest BCUT2D eigenvalue weighted by molar-refractivity contribution is 5.87. The van der Waals surface area contributed by atoms with E-state index in [0.29, 0.717) is 18.6 Å². The molecule has 3 unspecified atom stereocenters. The number of hydrogen-bond donors (Lipinski definition) is 1. The lowest BCUT2D eigenvalue weighted by molar-refractivity contribution is -0.132. The highest BCUT2D eigenvalue weighted by Gasteiger charge is 2.40. The highest BCUT2D eigenvalue weighted by Crippen LogP contribution is 2.37. The van der Waals surface area contributed by atoms with Crippen LogP contribution < -0.4 is 5.32 Å². The first kappa shape index (κ1) is 11.5. The van der Waals surface area contributed by atoms with Gasteiger partial charge in [0.2, 0.25) is 5.91 Å². The first-order valence-corrected chi connectivity index (χ1v) is 6.61. The number of amides is 1. The first-order chi connectivity index (χ1) is 8.74. The van der Waals surface area contributed by atoms with Crippen LogP contribution in [0.4, 0.5) is 0 Å². The normalized spacial score (nSPS) is 31.7. The van der Waals surface area contributed by atoms with Crippen LogP contribution in [0.2, 0.25) is 0 Å². The van der Waals surface area contributed by atoms with E-state index in [1.807, 2.05) is 18.2 Å². The van der Waals surface area contributed by atoms with Crippen molar-refractivity contribution in [2.45, 2.75) is 37.6 Å². The van der Waals surface area contributed by atoms with Gasteiger partial charge in [0.15, 0.2) is 0 Å². The number of Topliss-reactive ketones (excluding diaryl/α,β-unsaturated/α-hetero) is 1. The fraction of sp³-hybridized carbons (Fsp3) is 0.467. The lowest BCUT2D eigenvalue weighted by atomic mass is 9.72.